The van der Waals surface area contributed by atoms with E-state index in [1.54, 1.807) is 50.4 Å². The number of H-pyrrole nitrogens is 2. The van der Waals surface area contributed by atoms with Crippen molar-refractivity contribution in [1.29, 1.82) is 0 Å². The molecule has 14 aromatic rings. The predicted molar refractivity (Wildman–Crippen MR) is 396 cm³/mol. The number of aromatic nitrogens is 4. The van der Waals surface area contributed by atoms with Crippen LogP contribution in [0.25, 0.3) is 27.8 Å². The van der Waals surface area contributed by atoms with E-state index in [4.69, 9.17) is 19.7 Å². The van der Waals surface area contributed by atoms with Crippen LogP contribution in [-0.2, 0) is 47.4 Å². The number of benzene rings is 12. The highest BCUT2D eigenvalue weighted by Crippen LogP contribution is 2.58. The van der Waals surface area contributed by atoms with E-state index in [-0.39, 0.29) is 63.8 Å². The number of phenols is 2. The number of fused-ring (bicyclic) bond motifs is 2. The summed E-state index contributed by atoms with van der Waals surface area (Å²) in [7, 11) is -10.0. The second-order valence-electron chi connectivity index (χ2n) is 25.3. The normalized spacial score (nSPS) is 12.3. The summed E-state index contributed by atoms with van der Waals surface area (Å²) < 4.78 is 288. The number of hydrogen-bond acceptors (Lipinski definition) is 12. The average Bonchev–Trinajstić information content (AvgIpc) is 1.71. The fourth-order valence-electron chi connectivity index (χ4n) is 12.2. The van der Waals surface area contributed by atoms with Gasteiger partial charge < -0.3 is 29.7 Å². The molecule has 0 bridgehead atoms. The van der Waals surface area contributed by atoms with Crippen LogP contribution in [0, 0.1) is 18.6 Å². The Morgan fingerprint density at radius 1 is 0.330 bits per heavy atom. The quantitative estimate of drug-likeness (QED) is 0.0554. The predicted octanol–water partition coefficient (Wildman–Crippen LogP) is 19.5. The minimum absolute atomic E-state index is 0.0227. The van der Waals surface area contributed by atoms with Crippen LogP contribution in [0.3, 0.4) is 0 Å². The molecule has 115 heavy (non-hydrogen) atoms. The SMILES string of the molecule is Cc1ccc(S(=O)(=O)c2ccc(Oc3ccc(C(c4ccc(Oc5ccc(S(=O)(=O)c6ccc(-n7c(=O)n(C)c8ccccc87)cc6)cc5)cc4)(C(F)(F)F)C(F)(F)F)cc3)cc2)cc1.O=S(=O)(c1ccc(F)cc1)c1ccc(F)cc1.O=c1[nH]c2ccccc2[nH]1.Oc1ccc(C(c2ccc(O)cc2)(C(F)(F)F)C(F)(F)F)cc1. The van der Waals surface area contributed by atoms with Crippen LogP contribution in [-0.4, -0.2) is 79.3 Å². The number of ether oxygens (including phenoxy) is 2. The van der Waals surface area contributed by atoms with Crippen LogP contribution in [0.4, 0.5) is 61.5 Å². The molecule has 0 spiro atoms. The molecule has 12 aromatic carbocycles. The molecule has 4 N–H and O–H groups in total. The van der Waals surface area contributed by atoms with Gasteiger partial charge in [-0.2, -0.15) is 52.7 Å². The molecule has 2 aromatic heterocycles. The first-order valence-corrected chi connectivity index (χ1v) is 37.9. The van der Waals surface area contributed by atoms with Crippen molar-refractivity contribution in [2.24, 2.45) is 7.05 Å². The molecule has 0 fully saturated rings. The molecule has 0 unspecified atom stereocenters. The van der Waals surface area contributed by atoms with Gasteiger partial charge in [-0.25, -0.2) is 43.6 Å². The number of aromatic amines is 2. The van der Waals surface area contributed by atoms with Crippen molar-refractivity contribution in [3.8, 4) is 40.2 Å². The zero-order chi connectivity index (χ0) is 83.4. The standard InChI is InChI=1S/C48H34F6N2O7S2.C15H10F6O2.C12H8F2O2S.C7H6N2O/c1-31-7-23-39(24-8-31)64(58,59)41-27-19-37(20-28-41)62-35-15-9-32(10-16-35)46(47(49,50)51,48(52,53)54)33-11-17-36(18-12-33)63-38-21-29-42(30-22-38)65(60,61)40-25-13-34(14-26-40)56-44-6-4-3-5-43(44)55(2)45(56)57;16-14(17,18)13(15(19,20)21,9-1-5-11(22)6-2-9)10-3-7-12(23)8-4-10;13-9-1-5-11(6-2-9)17(15,16)12-7-3-10(14)4-8-12;10-7-8-5-3-1-2-4-6(5)9-7/h3-30H,1-2H3;1-8,22-23H;1-8H;1-4H,(H2,8,9,10). The number of hydrogen-bond donors (Lipinski definition) is 4. The number of nitrogens with zero attached hydrogens (tertiary/aromatic N) is 2. The van der Waals surface area contributed by atoms with E-state index in [0.717, 1.165) is 89.4 Å². The third kappa shape index (κ3) is 17.1. The van der Waals surface area contributed by atoms with Crippen molar-refractivity contribution in [2.75, 3.05) is 0 Å². The second-order valence-corrected chi connectivity index (χ2v) is 31.1. The highest BCUT2D eigenvalue weighted by atomic mass is 32.2. The highest BCUT2D eigenvalue weighted by Gasteiger charge is 2.73. The summed E-state index contributed by atoms with van der Waals surface area (Å²) in [6.45, 7) is 1.81. The Balaban J connectivity index is 0.000000207. The average molecular weight is 1650 g/mol. The molecule has 0 saturated heterocycles. The minimum Gasteiger partial charge on any atom is -0.508 e. The third-order valence-electron chi connectivity index (χ3n) is 18.0. The maximum atomic E-state index is 14.9. The highest BCUT2D eigenvalue weighted by molar-refractivity contribution is 7.92. The lowest BCUT2D eigenvalue weighted by Crippen LogP contribution is -2.54. The molecule has 14 rings (SSSR count). The molecule has 0 aliphatic rings. The number of alkyl halides is 12. The van der Waals surface area contributed by atoms with E-state index in [1.165, 1.54) is 118 Å². The smallest absolute Gasteiger partial charge is 0.411 e. The topological polar surface area (TPSA) is 237 Å². The summed E-state index contributed by atoms with van der Waals surface area (Å²) in [6, 6.07) is 57.4. The van der Waals surface area contributed by atoms with Crippen LogP contribution in [0.1, 0.15) is 27.8 Å². The molecule has 16 nitrogen and oxygen atoms in total. The Kier molecular flexibility index (Phi) is 23.4. The Morgan fingerprint density at radius 2 is 0.583 bits per heavy atom. The van der Waals surface area contributed by atoms with Gasteiger partial charge in [-0.1, -0.05) is 90.5 Å². The number of nitrogens with one attached hydrogen (secondary N) is 2. The summed E-state index contributed by atoms with van der Waals surface area (Å²) in [6.07, 6.45) is -23.2. The van der Waals surface area contributed by atoms with Gasteiger partial charge in [-0.15, -0.1) is 0 Å². The Morgan fingerprint density at radius 3 is 0.887 bits per heavy atom. The molecule has 0 amide bonds. The van der Waals surface area contributed by atoms with E-state index in [1.807, 2.05) is 24.3 Å². The van der Waals surface area contributed by atoms with Crippen molar-refractivity contribution in [3.05, 3.63) is 352 Å². The van der Waals surface area contributed by atoms with Gasteiger partial charge in [0.15, 0.2) is 0 Å². The summed E-state index contributed by atoms with van der Waals surface area (Å²) in [4.78, 5) is 28.7. The summed E-state index contributed by atoms with van der Waals surface area (Å²) in [5.74, 6) is -2.08. The lowest BCUT2D eigenvalue weighted by molar-refractivity contribution is -0.290. The fourth-order valence-corrected chi connectivity index (χ4v) is 16.0. The first-order chi connectivity index (χ1) is 54.1. The van der Waals surface area contributed by atoms with Gasteiger partial charge in [-0.3, -0.25) is 9.13 Å². The van der Waals surface area contributed by atoms with E-state index in [0.29, 0.717) is 65.3 Å². The van der Waals surface area contributed by atoms with Crippen molar-refractivity contribution in [2.45, 2.75) is 71.8 Å². The number of sulfone groups is 3. The molecule has 0 aliphatic heterocycles. The first-order valence-electron chi connectivity index (χ1n) is 33.5. The molecular weight excluding hydrogens is 1600 g/mol. The molecule has 0 radical (unpaired) electrons. The molecule has 0 atom stereocenters. The zero-order valence-electron chi connectivity index (χ0n) is 59.1. The van der Waals surface area contributed by atoms with Gasteiger partial charge in [-0.05, 0) is 235 Å². The summed E-state index contributed by atoms with van der Waals surface area (Å²) in [5, 5.41) is 18.3. The van der Waals surface area contributed by atoms with E-state index in [9.17, 15) is 96.3 Å². The van der Waals surface area contributed by atoms with Crippen LogP contribution < -0.4 is 20.9 Å². The van der Waals surface area contributed by atoms with Gasteiger partial charge in [0, 0.05) is 7.05 Å². The molecule has 2 heterocycles. The van der Waals surface area contributed by atoms with Crippen LogP contribution in [0.5, 0.6) is 34.5 Å². The van der Waals surface area contributed by atoms with Gasteiger partial charge in [0.25, 0.3) is 0 Å². The molecule has 33 heteroatoms. The fraction of sp³-hybridized carbons (Fsp3) is 0.0976. The lowest BCUT2D eigenvalue weighted by atomic mass is 9.73. The third-order valence-corrected chi connectivity index (χ3v) is 23.3. The molecule has 0 saturated carbocycles. The van der Waals surface area contributed by atoms with Gasteiger partial charge >= 0.3 is 36.1 Å². The van der Waals surface area contributed by atoms with Crippen LogP contribution in [0.15, 0.2) is 330 Å². The number of para-hydroxylation sites is 4. The Labute approximate surface area is 644 Å². The van der Waals surface area contributed by atoms with Gasteiger partial charge in [0.2, 0.25) is 40.3 Å². The minimum atomic E-state index is -5.88. The summed E-state index contributed by atoms with van der Waals surface area (Å²) >= 11 is 0. The number of aromatic hydroxyl groups is 2. The zero-order valence-corrected chi connectivity index (χ0v) is 61.5. The number of phenolic OH excluding ortho intramolecular Hbond substituents is 2. The van der Waals surface area contributed by atoms with Gasteiger partial charge in [0.1, 0.15) is 46.1 Å². The molecular formula is C82H58F14N4O12S3. The maximum Gasteiger partial charge on any atom is 0.411 e. The van der Waals surface area contributed by atoms with Crippen LogP contribution in [0.2, 0.25) is 0 Å². The monoisotopic (exact) mass is 1650 g/mol. The second kappa shape index (κ2) is 32.4. The number of imidazole rings is 2. The van der Waals surface area contributed by atoms with E-state index >= 15 is 0 Å². The maximum absolute atomic E-state index is 14.9. The van der Waals surface area contributed by atoms with Crippen molar-refractivity contribution in [1.82, 2.24) is 19.1 Å². The van der Waals surface area contributed by atoms with E-state index < -0.39 is 110 Å². The van der Waals surface area contributed by atoms with Crippen molar-refractivity contribution < 1.29 is 106 Å². The van der Waals surface area contributed by atoms with Gasteiger partial charge in [0.05, 0.1) is 57.1 Å². The molecule has 0 aliphatic carbocycles. The Hall–Kier alpha value is -12.8. The lowest BCUT2D eigenvalue weighted by Gasteiger charge is -2.38. The van der Waals surface area contributed by atoms with Crippen molar-refractivity contribution in [3.63, 3.8) is 0 Å². The number of halogens is 14. The van der Waals surface area contributed by atoms with Crippen LogP contribution >= 0.6 is 0 Å². The van der Waals surface area contributed by atoms with E-state index in [2.05, 4.69) is 9.97 Å². The Bertz CT molecular complexity index is 6100. The molecule has 594 valence electrons. The largest absolute Gasteiger partial charge is 0.508 e. The summed E-state index contributed by atoms with van der Waals surface area (Å²) in [5.41, 5.74) is -9.35. The van der Waals surface area contributed by atoms with Crippen molar-refractivity contribution >= 4 is 51.6 Å². The number of aryl methyl sites for hydroxylation is 2. The number of rotatable bonds is 15. The first kappa shape index (κ1) is 83.2.